The molecule has 0 spiro atoms. The van der Waals surface area contributed by atoms with Gasteiger partial charge in [-0.3, -0.25) is 9.69 Å². The standard InChI is InChI=1S/C22H28N4O4S3/c1-24(2)12-13-26(22-23-20-17(30-3)8-4-9-18(20)32-22)21(27)16-7-5-11-25(15-16)33(28,29)19-10-6-14-31-19/h4,6,8-10,14,16H,5,7,11-13,15H2,1-3H3. The highest BCUT2D eigenvalue weighted by molar-refractivity contribution is 7.91. The SMILES string of the molecule is COc1cccc2sc(N(CCN(C)C)C(=O)C3CCCN(S(=O)(=O)c4cccs4)C3)nc12. The lowest BCUT2D eigenvalue weighted by atomic mass is 9.98. The number of para-hydroxylation sites is 1. The maximum atomic E-state index is 13.7. The number of thiophene rings is 1. The van der Waals surface area contributed by atoms with Crippen LogP contribution < -0.4 is 9.64 Å². The van der Waals surface area contributed by atoms with Gasteiger partial charge in [0.05, 0.1) is 17.7 Å². The molecule has 1 aliphatic rings. The second-order valence-electron chi connectivity index (χ2n) is 8.23. The van der Waals surface area contributed by atoms with E-state index in [1.165, 1.54) is 27.0 Å². The maximum absolute atomic E-state index is 13.7. The first-order valence-corrected chi connectivity index (χ1v) is 13.9. The van der Waals surface area contributed by atoms with Gasteiger partial charge < -0.3 is 9.64 Å². The van der Waals surface area contributed by atoms with E-state index >= 15 is 0 Å². The third-order valence-electron chi connectivity index (χ3n) is 5.68. The first-order valence-electron chi connectivity index (χ1n) is 10.7. The van der Waals surface area contributed by atoms with Crippen LogP contribution in [0.5, 0.6) is 5.75 Å². The largest absolute Gasteiger partial charge is 0.494 e. The van der Waals surface area contributed by atoms with Crippen LogP contribution in [0.3, 0.4) is 0 Å². The molecule has 3 heterocycles. The van der Waals surface area contributed by atoms with Crippen molar-refractivity contribution in [2.45, 2.75) is 17.1 Å². The van der Waals surface area contributed by atoms with E-state index in [0.717, 1.165) is 10.2 Å². The lowest BCUT2D eigenvalue weighted by molar-refractivity contribution is -0.123. The Balaban J connectivity index is 1.61. The van der Waals surface area contributed by atoms with Crippen LogP contribution in [0.1, 0.15) is 12.8 Å². The van der Waals surface area contributed by atoms with Crippen molar-refractivity contribution in [2.24, 2.45) is 5.92 Å². The number of hydrogen-bond acceptors (Lipinski definition) is 8. The summed E-state index contributed by atoms with van der Waals surface area (Å²) in [6.45, 7) is 1.76. The third kappa shape index (κ3) is 5.07. The predicted molar refractivity (Wildman–Crippen MR) is 133 cm³/mol. The van der Waals surface area contributed by atoms with Crippen molar-refractivity contribution in [2.75, 3.05) is 52.3 Å². The Morgan fingerprint density at radius 1 is 1.24 bits per heavy atom. The average Bonchev–Trinajstić information content (AvgIpc) is 3.49. The van der Waals surface area contributed by atoms with Crippen LogP contribution in [-0.4, -0.2) is 75.9 Å². The minimum atomic E-state index is -3.59. The van der Waals surface area contributed by atoms with Crippen LogP contribution in [0.2, 0.25) is 0 Å². The molecule has 0 radical (unpaired) electrons. The number of carbonyl (C=O) groups excluding carboxylic acids is 1. The summed E-state index contributed by atoms with van der Waals surface area (Å²) in [5.74, 6) is 0.173. The van der Waals surface area contributed by atoms with Gasteiger partial charge in [0.2, 0.25) is 5.91 Å². The molecule has 1 aromatic carbocycles. The summed E-state index contributed by atoms with van der Waals surface area (Å²) in [4.78, 5) is 22.2. The summed E-state index contributed by atoms with van der Waals surface area (Å²) in [6, 6.07) is 9.07. The first-order chi connectivity index (χ1) is 15.8. The lowest BCUT2D eigenvalue weighted by Crippen LogP contribution is -2.48. The molecule has 1 saturated heterocycles. The molecule has 0 N–H and O–H groups in total. The molecular formula is C22H28N4O4S3. The molecular weight excluding hydrogens is 480 g/mol. The van der Waals surface area contributed by atoms with Crippen LogP contribution in [0.4, 0.5) is 5.13 Å². The maximum Gasteiger partial charge on any atom is 0.252 e. The van der Waals surface area contributed by atoms with E-state index < -0.39 is 15.9 Å². The Bertz CT molecular complexity index is 1210. The molecule has 4 rings (SSSR count). The Morgan fingerprint density at radius 3 is 2.76 bits per heavy atom. The zero-order chi connectivity index (χ0) is 23.6. The van der Waals surface area contributed by atoms with E-state index in [1.807, 2.05) is 37.2 Å². The minimum Gasteiger partial charge on any atom is -0.494 e. The van der Waals surface area contributed by atoms with E-state index in [1.54, 1.807) is 29.5 Å². The first kappa shape index (κ1) is 24.1. The van der Waals surface area contributed by atoms with Crippen molar-refractivity contribution in [1.29, 1.82) is 0 Å². The molecule has 1 atom stereocenters. The molecule has 0 saturated carbocycles. The summed E-state index contributed by atoms with van der Waals surface area (Å²) in [5, 5.41) is 2.36. The number of sulfonamides is 1. The number of rotatable bonds is 8. The molecule has 178 valence electrons. The fourth-order valence-electron chi connectivity index (χ4n) is 3.91. The number of likely N-dealkylation sites (N-methyl/N-ethyl adjacent to an activating group) is 1. The fourth-order valence-corrected chi connectivity index (χ4v) is 7.59. The van der Waals surface area contributed by atoms with Crippen molar-refractivity contribution in [3.63, 3.8) is 0 Å². The number of methoxy groups -OCH3 is 1. The van der Waals surface area contributed by atoms with Crippen molar-refractivity contribution >= 4 is 54.0 Å². The van der Waals surface area contributed by atoms with Gasteiger partial charge in [0.1, 0.15) is 15.5 Å². The molecule has 1 fully saturated rings. The van der Waals surface area contributed by atoms with Gasteiger partial charge in [-0.15, -0.1) is 11.3 Å². The molecule has 0 bridgehead atoms. The Kier molecular flexibility index (Phi) is 7.34. The van der Waals surface area contributed by atoms with Crippen molar-refractivity contribution in [1.82, 2.24) is 14.2 Å². The molecule has 8 nitrogen and oxygen atoms in total. The van der Waals surface area contributed by atoms with Gasteiger partial charge >= 0.3 is 0 Å². The Labute approximate surface area is 202 Å². The lowest BCUT2D eigenvalue weighted by Gasteiger charge is -2.33. The average molecular weight is 509 g/mol. The molecule has 2 aromatic heterocycles. The van der Waals surface area contributed by atoms with Crippen LogP contribution in [0, 0.1) is 5.92 Å². The summed E-state index contributed by atoms with van der Waals surface area (Å²) < 4.78 is 34.2. The third-order valence-corrected chi connectivity index (χ3v) is 9.96. The quantitative estimate of drug-likeness (QED) is 0.464. The number of nitrogens with zero attached hydrogens (tertiary/aromatic N) is 4. The van der Waals surface area contributed by atoms with E-state index in [9.17, 15) is 13.2 Å². The molecule has 3 aromatic rings. The van der Waals surface area contributed by atoms with Gasteiger partial charge in [-0.1, -0.05) is 23.5 Å². The van der Waals surface area contributed by atoms with E-state index in [0.29, 0.717) is 47.6 Å². The molecule has 0 aliphatic carbocycles. The minimum absolute atomic E-state index is 0.0825. The summed E-state index contributed by atoms with van der Waals surface area (Å²) >= 11 is 2.65. The number of aromatic nitrogens is 1. The number of piperidine rings is 1. The van der Waals surface area contributed by atoms with Crippen molar-refractivity contribution in [3.8, 4) is 5.75 Å². The summed E-state index contributed by atoms with van der Waals surface area (Å²) in [5.41, 5.74) is 0.730. The van der Waals surface area contributed by atoms with E-state index in [2.05, 4.69) is 0 Å². The highest BCUT2D eigenvalue weighted by atomic mass is 32.2. The highest BCUT2D eigenvalue weighted by Gasteiger charge is 2.36. The smallest absolute Gasteiger partial charge is 0.252 e. The van der Waals surface area contributed by atoms with E-state index in [4.69, 9.17) is 9.72 Å². The highest BCUT2D eigenvalue weighted by Crippen LogP contribution is 2.35. The number of amides is 1. The van der Waals surface area contributed by atoms with Crippen molar-refractivity contribution in [3.05, 3.63) is 35.7 Å². The number of carbonyl (C=O) groups is 1. The zero-order valence-electron chi connectivity index (χ0n) is 18.9. The van der Waals surface area contributed by atoms with Gasteiger partial charge in [-0.05, 0) is 50.5 Å². The fraction of sp³-hybridized carbons (Fsp3) is 0.455. The number of ether oxygens (including phenoxy) is 1. The van der Waals surface area contributed by atoms with Gasteiger partial charge in [0, 0.05) is 26.2 Å². The summed E-state index contributed by atoms with van der Waals surface area (Å²) in [7, 11) is 1.93. The van der Waals surface area contributed by atoms with Crippen LogP contribution in [0.15, 0.2) is 39.9 Å². The topological polar surface area (TPSA) is 83.0 Å². The van der Waals surface area contributed by atoms with Crippen molar-refractivity contribution < 1.29 is 17.9 Å². The number of thiazole rings is 1. The number of fused-ring (bicyclic) bond motifs is 1. The predicted octanol–water partition coefficient (Wildman–Crippen LogP) is 3.36. The second kappa shape index (κ2) is 10.1. The van der Waals surface area contributed by atoms with Crippen LogP contribution in [-0.2, 0) is 14.8 Å². The van der Waals surface area contributed by atoms with E-state index in [-0.39, 0.29) is 12.5 Å². The molecule has 1 amide bonds. The molecule has 11 heteroatoms. The molecule has 33 heavy (non-hydrogen) atoms. The Hall–Kier alpha value is -2.05. The van der Waals surface area contributed by atoms with Gasteiger partial charge in [0.15, 0.2) is 5.13 Å². The Morgan fingerprint density at radius 2 is 2.06 bits per heavy atom. The molecule has 1 unspecified atom stereocenters. The number of benzene rings is 1. The van der Waals surface area contributed by atoms with Gasteiger partial charge in [0.25, 0.3) is 10.0 Å². The number of anilines is 1. The normalized spacial score (nSPS) is 17.5. The van der Waals surface area contributed by atoms with Crippen LogP contribution in [0.25, 0.3) is 10.2 Å². The van der Waals surface area contributed by atoms with Crippen LogP contribution >= 0.6 is 22.7 Å². The zero-order valence-corrected chi connectivity index (χ0v) is 21.4. The molecule has 1 aliphatic heterocycles. The van der Waals surface area contributed by atoms with Gasteiger partial charge in [-0.2, -0.15) is 4.31 Å². The second-order valence-corrected chi connectivity index (χ2v) is 12.4. The monoisotopic (exact) mass is 508 g/mol. The number of hydrogen-bond donors (Lipinski definition) is 0. The van der Waals surface area contributed by atoms with Gasteiger partial charge in [-0.25, -0.2) is 13.4 Å². The summed E-state index contributed by atoms with van der Waals surface area (Å²) in [6.07, 6.45) is 1.30.